The van der Waals surface area contributed by atoms with E-state index >= 15 is 0 Å². The van der Waals surface area contributed by atoms with Crippen molar-refractivity contribution in [2.24, 2.45) is 7.05 Å². The van der Waals surface area contributed by atoms with Gasteiger partial charge in [-0.05, 0) is 12.1 Å². The van der Waals surface area contributed by atoms with Crippen LogP contribution in [0, 0.1) is 11.3 Å². The minimum Gasteiger partial charge on any atom is -0.324 e. The van der Waals surface area contributed by atoms with Crippen LogP contribution in [0.25, 0.3) is 0 Å². The van der Waals surface area contributed by atoms with Gasteiger partial charge in [-0.3, -0.25) is 18.7 Å². The molecule has 8 heteroatoms. The van der Waals surface area contributed by atoms with Gasteiger partial charge in [0, 0.05) is 36.4 Å². The van der Waals surface area contributed by atoms with Gasteiger partial charge in [0.05, 0.1) is 11.8 Å². The lowest BCUT2D eigenvalue weighted by Gasteiger charge is -2.11. The fourth-order valence-corrected chi connectivity index (χ4v) is 2.85. The highest BCUT2D eigenvalue weighted by molar-refractivity contribution is 7.99. The van der Waals surface area contributed by atoms with Crippen molar-refractivity contribution in [2.45, 2.75) is 17.9 Å². The molecule has 2 aromatic rings. The number of aromatic nitrogens is 2. The first kappa shape index (κ1) is 17.6. The van der Waals surface area contributed by atoms with Gasteiger partial charge in [0.25, 0.3) is 5.56 Å². The Bertz CT molecular complexity index is 895. The van der Waals surface area contributed by atoms with Crippen LogP contribution in [0.4, 0.5) is 5.69 Å². The molecule has 0 aliphatic rings. The molecular formula is C16H16N4O3S. The second kappa shape index (κ2) is 8.17. The van der Waals surface area contributed by atoms with E-state index in [1.54, 1.807) is 12.1 Å². The fourth-order valence-electron chi connectivity index (χ4n) is 1.98. The van der Waals surface area contributed by atoms with Crippen molar-refractivity contribution in [2.75, 3.05) is 11.1 Å². The summed E-state index contributed by atoms with van der Waals surface area (Å²) in [6, 6.07) is 10.6. The maximum absolute atomic E-state index is 12.2. The van der Waals surface area contributed by atoms with Gasteiger partial charge in [-0.15, -0.1) is 11.8 Å². The molecule has 0 radical (unpaired) electrons. The number of hydrogen-bond acceptors (Lipinski definition) is 5. The van der Waals surface area contributed by atoms with E-state index in [9.17, 15) is 14.4 Å². The number of anilines is 1. The number of carbonyl (C=O) groups is 1. The average molecular weight is 344 g/mol. The number of carbonyl (C=O) groups excluding carboxylic acids is 1. The number of hydrogen-bond donors (Lipinski definition) is 1. The summed E-state index contributed by atoms with van der Waals surface area (Å²) in [7, 11) is 1.36. The highest BCUT2D eigenvalue weighted by atomic mass is 32.2. The zero-order valence-electron chi connectivity index (χ0n) is 13.1. The van der Waals surface area contributed by atoms with Crippen LogP contribution in [-0.2, 0) is 18.4 Å². The number of rotatable bonds is 6. The number of para-hydroxylation sites is 1. The fraction of sp³-hybridized carbons (Fsp3) is 0.250. The smallest absolute Gasteiger partial charge is 0.324 e. The van der Waals surface area contributed by atoms with E-state index in [1.807, 2.05) is 12.1 Å². The molecule has 0 unspecified atom stereocenters. The molecule has 0 saturated heterocycles. The normalized spacial score (nSPS) is 10.2. The molecule has 0 aliphatic heterocycles. The Morgan fingerprint density at radius 3 is 2.79 bits per heavy atom. The van der Waals surface area contributed by atoms with Crippen LogP contribution < -0.4 is 16.6 Å². The first-order valence-electron chi connectivity index (χ1n) is 7.18. The summed E-state index contributed by atoms with van der Waals surface area (Å²) in [5.41, 5.74) is -0.339. The van der Waals surface area contributed by atoms with Gasteiger partial charge in [-0.25, -0.2) is 4.79 Å². The Morgan fingerprint density at radius 1 is 1.29 bits per heavy atom. The van der Waals surface area contributed by atoms with Crippen molar-refractivity contribution in [3.63, 3.8) is 0 Å². The molecule has 0 fully saturated rings. The van der Waals surface area contributed by atoms with Crippen molar-refractivity contribution in [1.29, 1.82) is 5.26 Å². The molecule has 1 aromatic carbocycles. The summed E-state index contributed by atoms with van der Waals surface area (Å²) >= 11 is 1.48. The highest BCUT2D eigenvalue weighted by Crippen LogP contribution is 2.27. The summed E-state index contributed by atoms with van der Waals surface area (Å²) in [6.45, 7) is -0.190. The van der Waals surface area contributed by atoms with Gasteiger partial charge in [-0.1, -0.05) is 12.1 Å². The summed E-state index contributed by atoms with van der Waals surface area (Å²) < 4.78 is 2.11. The van der Waals surface area contributed by atoms with E-state index in [1.165, 1.54) is 35.6 Å². The van der Waals surface area contributed by atoms with Gasteiger partial charge in [-0.2, -0.15) is 5.26 Å². The van der Waals surface area contributed by atoms with Crippen LogP contribution in [-0.4, -0.2) is 20.8 Å². The van der Waals surface area contributed by atoms with Gasteiger partial charge in [0.15, 0.2) is 0 Å². The van der Waals surface area contributed by atoms with Gasteiger partial charge >= 0.3 is 5.69 Å². The van der Waals surface area contributed by atoms with Crippen LogP contribution in [0.1, 0.15) is 6.42 Å². The van der Waals surface area contributed by atoms with Crippen LogP contribution in [0.2, 0.25) is 0 Å². The Labute approximate surface area is 142 Å². The molecule has 24 heavy (non-hydrogen) atoms. The van der Waals surface area contributed by atoms with E-state index in [4.69, 9.17) is 5.26 Å². The lowest BCUT2D eigenvalue weighted by Crippen LogP contribution is -2.38. The Morgan fingerprint density at radius 2 is 2.04 bits per heavy atom. The van der Waals surface area contributed by atoms with Crippen molar-refractivity contribution in [1.82, 2.24) is 9.13 Å². The van der Waals surface area contributed by atoms with E-state index in [0.29, 0.717) is 17.9 Å². The molecule has 0 saturated carbocycles. The predicted octanol–water partition coefficient (Wildman–Crippen LogP) is 1.19. The Kier molecular flexibility index (Phi) is 5.98. The molecule has 0 atom stereocenters. The molecule has 1 aromatic heterocycles. The number of nitrogens with zero attached hydrogens (tertiary/aromatic N) is 3. The predicted molar refractivity (Wildman–Crippen MR) is 92.0 cm³/mol. The lowest BCUT2D eigenvalue weighted by atomic mass is 10.3. The summed E-state index contributed by atoms with van der Waals surface area (Å²) in [5.74, 6) is 0.257. The molecule has 1 heterocycles. The van der Waals surface area contributed by atoms with Gasteiger partial charge in [0.1, 0.15) is 6.54 Å². The van der Waals surface area contributed by atoms with E-state index < -0.39 is 11.2 Å². The zero-order chi connectivity index (χ0) is 17.5. The third kappa shape index (κ3) is 4.36. The second-order valence-corrected chi connectivity index (χ2v) is 6.06. The maximum Gasteiger partial charge on any atom is 0.331 e. The van der Waals surface area contributed by atoms with Crippen molar-refractivity contribution < 1.29 is 4.79 Å². The largest absolute Gasteiger partial charge is 0.331 e. The maximum atomic E-state index is 12.2. The topological polar surface area (TPSA) is 96.9 Å². The quantitative estimate of drug-likeness (QED) is 0.627. The van der Waals surface area contributed by atoms with E-state index in [2.05, 4.69) is 11.4 Å². The molecule has 7 nitrogen and oxygen atoms in total. The van der Waals surface area contributed by atoms with Crippen molar-refractivity contribution in [3.8, 4) is 6.07 Å². The van der Waals surface area contributed by atoms with E-state index in [-0.39, 0.29) is 12.5 Å². The number of amides is 1. The molecule has 1 N–H and O–H groups in total. The van der Waals surface area contributed by atoms with Crippen molar-refractivity contribution >= 4 is 23.4 Å². The third-order valence-electron chi connectivity index (χ3n) is 3.21. The first-order chi connectivity index (χ1) is 11.5. The van der Waals surface area contributed by atoms with Crippen LogP contribution in [0.3, 0.4) is 0 Å². The van der Waals surface area contributed by atoms with Crippen LogP contribution in [0.5, 0.6) is 0 Å². The van der Waals surface area contributed by atoms with Crippen LogP contribution in [0.15, 0.2) is 51.0 Å². The highest BCUT2D eigenvalue weighted by Gasteiger charge is 2.10. The SMILES string of the molecule is Cn1c(=O)ccn(CC(=O)Nc2ccccc2SCCC#N)c1=O. The number of thioether (sulfide) groups is 1. The third-order valence-corrected chi connectivity index (χ3v) is 4.28. The number of benzene rings is 1. The standard InChI is InChI=1S/C16H16N4O3S/c1-19-15(22)7-9-20(16(19)23)11-14(21)18-12-5-2-3-6-13(12)24-10-4-8-17/h2-3,5-7,9H,4,10-11H2,1H3,(H,18,21). The summed E-state index contributed by atoms with van der Waals surface area (Å²) in [5, 5.41) is 11.4. The van der Waals surface area contributed by atoms with Gasteiger partial charge in [0.2, 0.25) is 5.91 Å². The molecule has 0 bridgehead atoms. The molecule has 124 valence electrons. The molecule has 0 spiro atoms. The first-order valence-corrected chi connectivity index (χ1v) is 8.16. The lowest BCUT2D eigenvalue weighted by molar-refractivity contribution is -0.116. The van der Waals surface area contributed by atoms with E-state index in [0.717, 1.165) is 9.46 Å². The monoisotopic (exact) mass is 344 g/mol. The second-order valence-electron chi connectivity index (χ2n) is 4.92. The molecule has 2 rings (SSSR count). The summed E-state index contributed by atoms with van der Waals surface area (Å²) in [4.78, 5) is 36.3. The average Bonchev–Trinajstić information content (AvgIpc) is 2.57. The zero-order valence-corrected chi connectivity index (χ0v) is 13.9. The van der Waals surface area contributed by atoms with Crippen LogP contribution >= 0.6 is 11.8 Å². The van der Waals surface area contributed by atoms with Crippen molar-refractivity contribution in [3.05, 3.63) is 57.4 Å². The number of nitrogens with one attached hydrogen (secondary N) is 1. The molecule has 0 aliphatic carbocycles. The minimum absolute atomic E-state index is 0.190. The molecular weight excluding hydrogens is 328 g/mol. The molecule has 1 amide bonds. The summed E-state index contributed by atoms with van der Waals surface area (Å²) in [6.07, 6.45) is 1.72. The van der Waals surface area contributed by atoms with Gasteiger partial charge < -0.3 is 5.32 Å². The minimum atomic E-state index is -0.547. The Balaban J connectivity index is 2.11. The number of nitriles is 1. The Hall–Kier alpha value is -2.79.